The van der Waals surface area contributed by atoms with E-state index in [9.17, 15) is 23.5 Å². The molecule has 3 heterocycles. The van der Waals surface area contributed by atoms with Crippen LogP contribution in [0.3, 0.4) is 0 Å². The van der Waals surface area contributed by atoms with Crippen LogP contribution in [-0.2, 0) is 6.54 Å². The second-order valence-corrected chi connectivity index (χ2v) is 8.83. The van der Waals surface area contributed by atoms with Crippen LogP contribution in [0.25, 0.3) is 10.9 Å². The van der Waals surface area contributed by atoms with E-state index >= 15 is 0 Å². The number of fused-ring (bicyclic) bond motifs is 1. The molecule has 1 aromatic carbocycles. The second-order valence-electron chi connectivity index (χ2n) is 8.44. The van der Waals surface area contributed by atoms with Crippen LogP contribution in [0.15, 0.2) is 29.1 Å². The SMILES string of the molecule is CCn1c(N2CCC(F)(F)C2)nc2c([C@@H](C)Nc3ccc(Cl)nc3C(=O)O)cc(C)cc2c1=O. The molecule has 0 bridgehead atoms. The van der Waals surface area contributed by atoms with Crippen molar-refractivity contribution in [1.29, 1.82) is 0 Å². The number of hydrogen-bond acceptors (Lipinski definition) is 6. The van der Waals surface area contributed by atoms with Gasteiger partial charge >= 0.3 is 5.97 Å². The summed E-state index contributed by atoms with van der Waals surface area (Å²) in [6, 6.07) is 6.07. The van der Waals surface area contributed by atoms with E-state index in [0.717, 1.165) is 5.56 Å². The van der Waals surface area contributed by atoms with Crippen molar-refractivity contribution in [3.8, 4) is 0 Å². The Labute approximate surface area is 199 Å². The maximum atomic E-state index is 13.9. The topological polar surface area (TPSA) is 100 Å². The van der Waals surface area contributed by atoms with Gasteiger partial charge in [0.2, 0.25) is 5.95 Å². The maximum absolute atomic E-state index is 13.9. The van der Waals surface area contributed by atoms with Gasteiger partial charge in [-0.1, -0.05) is 17.7 Å². The van der Waals surface area contributed by atoms with Gasteiger partial charge in [-0.15, -0.1) is 0 Å². The Hall–Kier alpha value is -3.27. The number of halogens is 3. The fourth-order valence-electron chi connectivity index (χ4n) is 4.28. The molecule has 2 N–H and O–H groups in total. The predicted octanol–water partition coefficient (Wildman–Crippen LogP) is 4.49. The van der Waals surface area contributed by atoms with Crippen LogP contribution in [0.1, 0.15) is 47.9 Å². The van der Waals surface area contributed by atoms with E-state index in [1.165, 1.54) is 21.6 Å². The fourth-order valence-corrected chi connectivity index (χ4v) is 4.43. The summed E-state index contributed by atoms with van der Waals surface area (Å²) in [5, 5.41) is 13.0. The van der Waals surface area contributed by atoms with Gasteiger partial charge in [0.1, 0.15) is 5.15 Å². The summed E-state index contributed by atoms with van der Waals surface area (Å²) >= 11 is 5.85. The molecule has 180 valence electrons. The van der Waals surface area contributed by atoms with Gasteiger partial charge in [0.25, 0.3) is 11.5 Å². The van der Waals surface area contributed by atoms with Crippen molar-refractivity contribution in [1.82, 2.24) is 14.5 Å². The number of hydrogen-bond donors (Lipinski definition) is 2. The van der Waals surface area contributed by atoms with Crippen LogP contribution in [0.5, 0.6) is 0 Å². The third-order valence-electron chi connectivity index (χ3n) is 5.88. The average Bonchev–Trinajstić information content (AvgIpc) is 3.14. The average molecular weight is 492 g/mol. The monoisotopic (exact) mass is 491 g/mol. The van der Waals surface area contributed by atoms with Gasteiger partial charge in [0.05, 0.1) is 29.2 Å². The van der Waals surface area contributed by atoms with Crippen LogP contribution in [0.2, 0.25) is 5.15 Å². The van der Waals surface area contributed by atoms with Crippen molar-refractivity contribution >= 4 is 40.1 Å². The number of anilines is 2. The summed E-state index contributed by atoms with van der Waals surface area (Å²) in [6.45, 7) is 5.29. The fraction of sp³-hybridized carbons (Fsp3) is 0.391. The lowest BCUT2D eigenvalue weighted by atomic mass is 10.0. The smallest absolute Gasteiger partial charge is 0.356 e. The van der Waals surface area contributed by atoms with E-state index in [1.54, 1.807) is 19.9 Å². The van der Waals surface area contributed by atoms with E-state index in [2.05, 4.69) is 10.3 Å². The lowest BCUT2D eigenvalue weighted by molar-refractivity contribution is 0.0255. The minimum atomic E-state index is -2.84. The van der Waals surface area contributed by atoms with Gasteiger partial charge in [0, 0.05) is 25.1 Å². The molecule has 4 rings (SSSR count). The molecular formula is C23H24ClF2N5O3. The first-order valence-electron chi connectivity index (χ1n) is 10.8. The number of nitrogens with zero attached hydrogens (tertiary/aromatic N) is 4. The summed E-state index contributed by atoms with van der Waals surface area (Å²) < 4.78 is 29.3. The second kappa shape index (κ2) is 8.83. The molecular weight excluding hydrogens is 468 g/mol. The molecule has 1 aliphatic heterocycles. The van der Waals surface area contributed by atoms with Crippen molar-refractivity contribution in [2.24, 2.45) is 0 Å². The highest BCUT2D eigenvalue weighted by atomic mass is 35.5. The van der Waals surface area contributed by atoms with Crippen molar-refractivity contribution in [2.45, 2.75) is 45.7 Å². The zero-order valence-electron chi connectivity index (χ0n) is 18.9. The Morgan fingerprint density at radius 1 is 1.32 bits per heavy atom. The Morgan fingerprint density at radius 3 is 2.68 bits per heavy atom. The van der Waals surface area contributed by atoms with Gasteiger partial charge in [-0.05, 0) is 44.5 Å². The molecule has 0 amide bonds. The molecule has 1 aliphatic rings. The molecule has 11 heteroatoms. The molecule has 0 saturated carbocycles. The molecule has 34 heavy (non-hydrogen) atoms. The summed E-state index contributed by atoms with van der Waals surface area (Å²) in [7, 11) is 0. The Morgan fingerprint density at radius 2 is 2.06 bits per heavy atom. The molecule has 0 unspecified atom stereocenters. The first-order valence-corrected chi connectivity index (χ1v) is 11.2. The van der Waals surface area contributed by atoms with Gasteiger partial charge in [0.15, 0.2) is 5.69 Å². The van der Waals surface area contributed by atoms with Crippen LogP contribution in [0.4, 0.5) is 20.4 Å². The number of aromatic carboxylic acids is 1. The third kappa shape index (κ3) is 4.42. The number of benzene rings is 1. The van der Waals surface area contributed by atoms with Gasteiger partial charge in [-0.3, -0.25) is 9.36 Å². The third-order valence-corrected chi connectivity index (χ3v) is 6.09. The number of aryl methyl sites for hydroxylation is 1. The van der Waals surface area contributed by atoms with E-state index < -0.39 is 24.5 Å². The molecule has 3 aromatic rings. The van der Waals surface area contributed by atoms with Crippen LogP contribution in [0, 0.1) is 6.92 Å². The van der Waals surface area contributed by atoms with Crippen LogP contribution in [-0.4, -0.2) is 44.6 Å². The highest BCUT2D eigenvalue weighted by Gasteiger charge is 2.40. The molecule has 2 aromatic heterocycles. The summed E-state index contributed by atoms with van der Waals surface area (Å²) in [6.07, 6.45) is -0.301. The standard InChI is InChI=1S/C23H24ClF2N5O3/c1-4-31-20(32)15-10-12(2)9-14(18(15)29-22(31)30-8-7-23(25,26)11-30)13(3)27-16-5-6-17(24)28-19(16)21(33)34/h5-6,9-10,13,27H,4,7-8,11H2,1-3H3,(H,33,34)/t13-/m1/s1. The van der Waals surface area contributed by atoms with Gasteiger partial charge in [-0.2, -0.15) is 0 Å². The quantitative estimate of drug-likeness (QED) is 0.490. The summed E-state index contributed by atoms with van der Waals surface area (Å²) in [4.78, 5) is 35.0. The van der Waals surface area contributed by atoms with Gasteiger partial charge < -0.3 is 15.3 Å². The van der Waals surface area contributed by atoms with Crippen LogP contribution >= 0.6 is 11.6 Å². The minimum Gasteiger partial charge on any atom is -0.476 e. The highest BCUT2D eigenvalue weighted by Crippen LogP contribution is 2.32. The summed E-state index contributed by atoms with van der Waals surface area (Å²) in [5.74, 6) is -3.88. The highest BCUT2D eigenvalue weighted by molar-refractivity contribution is 6.29. The minimum absolute atomic E-state index is 0.0467. The van der Waals surface area contributed by atoms with Crippen molar-refractivity contribution in [3.05, 3.63) is 56.6 Å². The molecule has 1 fully saturated rings. The van der Waals surface area contributed by atoms with E-state index in [-0.39, 0.29) is 47.6 Å². The number of aromatic nitrogens is 3. The van der Waals surface area contributed by atoms with E-state index in [4.69, 9.17) is 16.6 Å². The van der Waals surface area contributed by atoms with E-state index in [1.807, 2.05) is 13.0 Å². The molecule has 0 aliphatic carbocycles. The number of alkyl halides is 2. The summed E-state index contributed by atoms with van der Waals surface area (Å²) in [5.41, 5.74) is 1.52. The predicted molar refractivity (Wildman–Crippen MR) is 126 cm³/mol. The number of carboxylic acids is 1. The normalized spacial score (nSPS) is 16.1. The number of carboxylic acid groups (broad SMARTS) is 1. The molecule has 8 nitrogen and oxygen atoms in total. The first kappa shape index (κ1) is 23.9. The molecule has 0 radical (unpaired) electrons. The van der Waals surface area contributed by atoms with Crippen molar-refractivity contribution < 1.29 is 18.7 Å². The number of carbonyl (C=O) groups is 1. The van der Waals surface area contributed by atoms with Crippen molar-refractivity contribution in [3.63, 3.8) is 0 Å². The Bertz CT molecular complexity index is 1340. The zero-order valence-corrected chi connectivity index (χ0v) is 19.7. The molecule has 0 spiro atoms. The Kier molecular flexibility index (Phi) is 6.20. The number of pyridine rings is 1. The Balaban J connectivity index is 1.85. The van der Waals surface area contributed by atoms with Crippen LogP contribution < -0.4 is 15.8 Å². The van der Waals surface area contributed by atoms with Gasteiger partial charge in [-0.25, -0.2) is 23.5 Å². The van der Waals surface area contributed by atoms with Crippen molar-refractivity contribution in [2.75, 3.05) is 23.3 Å². The lowest BCUT2D eigenvalue weighted by Crippen LogP contribution is -2.33. The lowest BCUT2D eigenvalue weighted by Gasteiger charge is -2.24. The molecule has 1 atom stereocenters. The molecule has 1 saturated heterocycles. The largest absolute Gasteiger partial charge is 0.476 e. The maximum Gasteiger partial charge on any atom is 0.356 e. The zero-order chi connectivity index (χ0) is 24.8. The first-order chi connectivity index (χ1) is 16.0. The number of nitrogens with one attached hydrogen (secondary N) is 1. The number of rotatable bonds is 6. The van der Waals surface area contributed by atoms with E-state index in [0.29, 0.717) is 16.5 Å².